The van der Waals surface area contributed by atoms with Gasteiger partial charge >= 0.3 is 0 Å². The van der Waals surface area contributed by atoms with Crippen molar-refractivity contribution in [2.24, 2.45) is 5.92 Å². The summed E-state index contributed by atoms with van der Waals surface area (Å²) in [6.07, 6.45) is 9.09. The van der Waals surface area contributed by atoms with Crippen LogP contribution in [-0.2, 0) is 6.54 Å². The summed E-state index contributed by atoms with van der Waals surface area (Å²) >= 11 is 0. The van der Waals surface area contributed by atoms with E-state index >= 15 is 0 Å². The second-order valence-electron chi connectivity index (χ2n) is 7.77. The molecule has 1 saturated carbocycles. The molecule has 1 heterocycles. The van der Waals surface area contributed by atoms with Gasteiger partial charge in [0, 0.05) is 51.2 Å². The van der Waals surface area contributed by atoms with Gasteiger partial charge in [0.2, 0.25) is 0 Å². The highest BCUT2D eigenvalue weighted by atomic mass is 19.1. The Kier molecular flexibility index (Phi) is 6.58. The van der Waals surface area contributed by atoms with Crippen molar-refractivity contribution >= 4 is 5.69 Å². The predicted molar refractivity (Wildman–Crippen MR) is 108 cm³/mol. The average molecular weight is 360 g/mol. The molecule has 2 fully saturated rings. The van der Waals surface area contributed by atoms with Crippen LogP contribution < -0.4 is 5.32 Å². The van der Waals surface area contributed by atoms with Crippen molar-refractivity contribution < 1.29 is 4.39 Å². The molecule has 1 aromatic rings. The number of nitrogens with zero attached hydrogens (tertiary/aromatic N) is 2. The Hall–Kier alpha value is -1.55. The molecule has 4 heteroatoms. The van der Waals surface area contributed by atoms with Gasteiger partial charge in [0.1, 0.15) is 5.82 Å². The first kappa shape index (κ1) is 19.2. The van der Waals surface area contributed by atoms with Gasteiger partial charge in [-0.25, -0.2) is 4.39 Å². The van der Waals surface area contributed by atoms with Crippen LogP contribution in [0.4, 0.5) is 10.1 Å². The van der Waals surface area contributed by atoms with Crippen LogP contribution >= 0.6 is 0 Å². The van der Waals surface area contributed by atoms with Gasteiger partial charge in [-0.1, -0.05) is 25.8 Å². The lowest BCUT2D eigenvalue weighted by molar-refractivity contribution is 0.142. The second kappa shape index (κ2) is 8.90. The Morgan fingerprint density at radius 2 is 1.88 bits per heavy atom. The Balaban J connectivity index is 1.62. The van der Waals surface area contributed by atoms with Gasteiger partial charge < -0.3 is 10.2 Å². The molecular weight excluding hydrogens is 325 g/mol. The second-order valence-corrected chi connectivity index (χ2v) is 7.77. The quantitative estimate of drug-likeness (QED) is 0.789. The number of rotatable bonds is 6. The highest BCUT2D eigenvalue weighted by Crippen LogP contribution is 2.33. The third-order valence-corrected chi connectivity index (χ3v) is 6.07. The average Bonchev–Trinajstić information content (AvgIpc) is 3.17. The lowest BCUT2D eigenvalue weighted by Gasteiger charge is -2.39. The van der Waals surface area contributed by atoms with Crippen LogP contribution in [0.5, 0.6) is 0 Å². The first-order chi connectivity index (χ1) is 12.6. The molecule has 1 aliphatic carbocycles. The molecule has 0 atom stereocenters. The fraction of sp³-hybridized carbons (Fsp3) is 0.636. The number of piperazine rings is 1. The van der Waals surface area contributed by atoms with Crippen molar-refractivity contribution in [1.29, 1.82) is 0 Å². The summed E-state index contributed by atoms with van der Waals surface area (Å²) in [4.78, 5) is 5.09. The zero-order valence-electron chi connectivity index (χ0n) is 16.7. The number of hydrogen-bond acceptors (Lipinski definition) is 3. The largest absolute Gasteiger partial charge is 0.388 e. The van der Waals surface area contributed by atoms with Crippen molar-refractivity contribution in [3.8, 4) is 0 Å². The van der Waals surface area contributed by atoms with Gasteiger partial charge in [0.25, 0.3) is 0 Å². The maximum Gasteiger partial charge on any atom is 0.125 e. The van der Waals surface area contributed by atoms with Crippen molar-refractivity contribution in [1.82, 2.24) is 9.80 Å². The Morgan fingerprint density at radius 3 is 2.50 bits per heavy atom. The molecule has 0 unspecified atom stereocenters. The van der Waals surface area contributed by atoms with E-state index in [0.29, 0.717) is 0 Å². The molecule has 3 rings (SSSR count). The highest BCUT2D eigenvalue weighted by molar-refractivity contribution is 5.54. The number of halogens is 1. The zero-order chi connectivity index (χ0) is 18.5. The van der Waals surface area contributed by atoms with E-state index in [1.54, 1.807) is 17.8 Å². The van der Waals surface area contributed by atoms with Crippen molar-refractivity contribution in [3.05, 3.63) is 40.8 Å². The van der Waals surface area contributed by atoms with E-state index in [4.69, 9.17) is 0 Å². The fourth-order valence-electron chi connectivity index (χ4n) is 4.55. The minimum absolute atomic E-state index is 0.150. The van der Waals surface area contributed by atoms with E-state index in [-0.39, 0.29) is 5.82 Å². The molecule has 26 heavy (non-hydrogen) atoms. The summed E-state index contributed by atoms with van der Waals surface area (Å²) in [7, 11) is 1.86. The zero-order valence-corrected chi connectivity index (χ0v) is 16.7. The molecule has 0 radical (unpaired) electrons. The number of benzene rings is 1. The lowest BCUT2D eigenvalue weighted by atomic mass is 10.0. The topological polar surface area (TPSA) is 18.5 Å². The van der Waals surface area contributed by atoms with E-state index in [9.17, 15) is 4.39 Å². The summed E-state index contributed by atoms with van der Waals surface area (Å²) in [5.74, 6) is 0.633. The van der Waals surface area contributed by atoms with Gasteiger partial charge in [0.15, 0.2) is 0 Å². The molecule has 1 aliphatic heterocycles. The van der Waals surface area contributed by atoms with E-state index in [0.717, 1.165) is 61.9 Å². The molecule has 1 saturated heterocycles. The van der Waals surface area contributed by atoms with Gasteiger partial charge in [-0.05, 0) is 55.4 Å². The number of hydrogen-bond donors (Lipinski definition) is 1. The molecule has 0 bridgehead atoms. The molecule has 0 spiro atoms. The predicted octanol–water partition coefficient (Wildman–Crippen LogP) is 4.78. The Labute approximate surface area is 158 Å². The number of anilines is 1. The van der Waals surface area contributed by atoms with Crippen LogP contribution in [0.15, 0.2) is 23.9 Å². The third kappa shape index (κ3) is 4.40. The molecule has 1 aromatic carbocycles. The van der Waals surface area contributed by atoms with Crippen LogP contribution in [0.3, 0.4) is 0 Å². The van der Waals surface area contributed by atoms with Crippen LogP contribution in [-0.4, -0.2) is 43.0 Å². The van der Waals surface area contributed by atoms with E-state index in [1.165, 1.54) is 25.7 Å². The van der Waals surface area contributed by atoms with E-state index in [2.05, 4.69) is 35.0 Å². The van der Waals surface area contributed by atoms with Gasteiger partial charge in [0.05, 0.1) is 0 Å². The number of nitrogens with one attached hydrogen (secondary N) is 1. The first-order valence-electron chi connectivity index (χ1n) is 10.3. The summed E-state index contributed by atoms with van der Waals surface area (Å²) in [6.45, 7) is 9.46. The minimum Gasteiger partial charge on any atom is -0.388 e. The Bertz CT molecular complexity index is 627. The maximum absolute atomic E-state index is 13.9. The summed E-state index contributed by atoms with van der Waals surface area (Å²) in [5, 5.41) is 3.11. The Morgan fingerprint density at radius 1 is 1.19 bits per heavy atom. The standard InChI is InChI=1S/C22H34FN3/c1-4-7-22(18-8-5-6-9-18)26-12-10-25(11-13-26)16-19-14-20(23)15-21(24-3)17(19)2/h7,14-15,18,24H,4-6,8-13,16H2,1-3H3/b22-7-. The summed E-state index contributed by atoms with van der Waals surface area (Å²) < 4.78 is 13.9. The van der Waals surface area contributed by atoms with Crippen LogP contribution in [0.2, 0.25) is 0 Å². The molecule has 0 amide bonds. The van der Waals surface area contributed by atoms with E-state index in [1.807, 2.05) is 7.05 Å². The molecule has 144 valence electrons. The maximum atomic E-state index is 13.9. The lowest BCUT2D eigenvalue weighted by Crippen LogP contribution is -2.46. The van der Waals surface area contributed by atoms with Crippen LogP contribution in [0.25, 0.3) is 0 Å². The molecule has 0 aromatic heterocycles. The summed E-state index contributed by atoms with van der Waals surface area (Å²) in [6, 6.07) is 3.28. The minimum atomic E-state index is -0.150. The van der Waals surface area contributed by atoms with Gasteiger partial charge in [-0.2, -0.15) is 0 Å². The van der Waals surface area contributed by atoms with Crippen LogP contribution in [0, 0.1) is 18.7 Å². The van der Waals surface area contributed by atoms with Crippen molar-refractivity contribution in [2.75, 3.05) is 38.5 Å². The van der Waals surface area contributed by atoms with Crippen molar-refractivity contribution in [2.45, 2.75) is 52.5 Å². The highest BCUT2D eigenvalue weighted by Gasteiger charge is 2.26. The van der Waals surface area contributed by atoms with Crippen LogP contribution in [0.1, 0.15) is 50.2 Å². The summed E-state index contributed by atoms with van der Waals surface area (Å²) in [5.41, 5.74) is 4.76. The van der Waals surface area contributed by atoms with E-state index < -0.39 is 0 Å². The monoisotopic (exact) mass is 359 g/mol. The first-order valence-corrected chi connectivity index (χ1v) is 10.3. The normalized spacial score (nSPS) is 20.0. The van der Waals surface area contributed by atoms with Gasteiger partial charge in [-0.3, -0.25) is 4.90 Å². The number of allylic oxidation sites excluding steroid dienone is 2. The molecule has 3 nitrogen and oxygen atoms in total. The smallest absolute Gasteiger partial charge is 0.125 e. The molecule has 1 N–H and O–H groups in total. The third-order valence-electron chi connectivity index (χ3n) is 6.07. The molecular formula is C22H34FN3. The van der Waals surface area contributed by atoms with Gasteiger partial charge in [-0.15, -0.1) is 0 Å². The fourth-order valence-corrected chi connectivity index (χ4v) is 4.55. The van der Waals surface area contributed by atoms with Crippen molar-refractivity contribution in [3.63, 3.8) is 0 Å². The molecule has 2 aliphatic rings. The SMILES string of the molecule is CC/C=C(/C1CCCC1)N1CCN(Cc2cc(F)cc(NC)c2C)CC1.